The summed E-state index contributed by atoms with van der Waals surface area (Å²) in [5.41, 5.74) is 1.06. The lowest BCUT2D eigenvalue weighted by molar-refractivity contribution is -0.299. The Balaban J connectivity index is 1.55. The Morgan fingerprint density at radius 2 is 1.91 bits per heavy atom. The number of hydrogen-bond acceptors (Lipinski definition) is 11. The van der Waals surface area contributed by atoms with Gasteiger partial charge in [0.1, 0.15) is 36.6 Å². The number of carbonyl (C=O) groups excluding carboxylic acids is 3. The van der Waals surface area contributed by atoms with Crippen LogP contribution in [-0.4, -0.2) is 94.3 Å². The molecule has 4 aliphatic rings. The topological polar surface area (TPSA) is 169 Å². The molecule has 192 valence electrons. The van der Waals surface area contributed by atoms with Gasteiger partial charge in [0.25, 0.3) is 0 Å². The van der Waals surface area contributed by atoms with Crippen LogP contribution in [0.15, 0.2) is 35.5 Å². The van der Waals surface area contributed by atoms with Crippen LogP contribution in [0.2, 0.25) is 0 Å². The highest BCUT2D eigenvalue weighted by atomic mass is 16.7. The minimum Gasteiger partial charge on any atom is -0.461 e. The van der Waals surface area contributed by atoms with E-state index in [1.54, 1.807) is 13.0 Å². The van der Waals surface area contributed by atoms with Crippen LogP contribution in [0.25, 0.3) is 0 Å². The largest absolute Gasteiger partial charge is 0.461 e. The highest BCUT2D eigenvalue weighted by molar-refractivity contribution is 6.08. The smallest absolute Gasteiger partial charge is 0.333 e. The predicted molar refractivity (Wildman–Crippen MR) is 116 cm³/mol. The van der Waals surface area contributed by atoms with E-state index >= 15 is 0 Å². The van der Waals surface area contributed by atoms with Gasteiger partial charge in [-0.15, -0.1) is 0 Å². The van der Waals surface area contributed by atoms with Crippen molar-refractivity contribution in [3.05, 3.63) is 35.5 Å². The number of esters is 2. The van der Waals surface area contributed by atoms with E-state index in [4.69, 9.17) is 18.9 Å². The molecule has 0 amide bonds. The molecule has 2 fully saturated rings. The molecule has 4 N–H and O–H groups in total. The van der Waals surface area contributed by atoms with Gasteiger partial charge in [0.2, 0.25) is 0 Å². The number of allylic oxidation sites excluding steroid dienone is 1. The normalized spacial score (nSPS) is 40.7. The lowest BCUT2D eigenvalue weighted by atomic mass is 9.79. The van der Waals surface area contributed by atoms with Crippen molar-refractivity contribution in [1.29, 1.82) is 0 Å². The number of ketones is 1. The van der Waals surface area contributed by atoms with Crippen molar-refractivity contribution in [3.63, 3.8) is 0 Å². The molecule has 10 atom stereocenters. The summed E-state index contributed by atoms with van der Waals surface area (Å²) in [6.45, 7) is 5.97. The van der Waals surface area contributed by atoms with Crippen LogP contribution >= 0.6 is 0 Å². The van der Waals surface area contributed by atoms with E-state index in [0.717, 1.165) is 0 Å². The van der Waals surface area contributed by atoms with Crippen molar-refractivity contribution >= 4 is 17.7 Å². The molecule has 0 bridgehead atoms. The van der Waals surface area contributed by atoms with Gasteiger partial charge in [0, 0.05) is 29.4 Å². The van der Waals surface area contributed by atoms with Crippen molar-refractivity contribution in [3.8, 4) is 0 Å². The van der Waals surface area contributed by atoms with E-state index in [1.807, 2.05) is 0 Å². The van der Waals surface area contributed by atoms with E-state index in [2.05, 4.69) is 6.58 Å². The van der Waals surface area contributed by atoms with Gasteiger partial charge in [-0.3, -0.25) is 9.59 Å². The van der Waals surface area contributed by atoms with Crippen LogP contribution < -0.4 is 0 Å². The fourth-order valence-electron chi connectivity index (χ4n) is 5.18. The third-order valence-corrected chi connectivity index (χ3v) is 7.11. The molecule has 2 aliphatic heterocycles. The molecule has 0 radical (unpaired) electrons. The van der Waals surface area contributed by atoms with Crippen LogP contribution in [-0.2, 0) is 33.3 Å². The minimum atomic E-state index is -1.61. The van der Waals surface area contributed by atoms with Gasteiger partial charge >= 0.3 is 11.9 Å². The number of carbonyl (C=O) groups is 3. The molecule has 2 aliphatic carbocycles. The molecule has 0 aromatic heterocycles. The highest BCUT2D eigenvalue weighted by Crippen LogP contribution is 2.47. The Kier molecular flexibility index (Phi) is 7.28. The van der Waals surface area contributed by atoms with Gasteiger partial charge in [-0.25, -0.2) is 4.79 Å². The summed E-state index contributed by atoms with van der Waals surface area (Å²) in [5.74, 6) is -3.13. The number of rotatable bonds is 6. The fourth-order valence-corrected chi connectivity index (χ4v) is 5.18. The molecule has 0 saturated carbocycles. The quantitative estimate of drug-likeness (QED) is 0.262. The second-order valence-corrected chi connectivity index (χ2v) is 9.46. The summed E-state index contributed by atoms with van der Waals surface area (Å²) in [5, 5.41) is 39.6. The van der Waals surface area contributed by atoms with Crippen molar-refractivity contribution in [2.45, 2.75) is 63.2 Å². The molecular formula is C24H30O11. The first-order valence-electron chi connectivity index (χ1n) is 11.5. The summed E-state index contributed by atoms with van der Waals surface area (Å²) in [4.78, 5) is 37.6. The molecule has 11 nitrogen and oxygen atoms in total. The van der Waals surface area contributed by atoms with E-state index in [9.17, 15) is 34.8 Å². The molecule has 2 saturated heterocycles. The molecule has 2 heterocycles. The Morgan fingerprint density at radius 3 is 2.57 bits per heavy atom. The second kappa shape index (κ2) is 9.92. The van der Waals surface area contributed by atoms with Gasteiger partial charge in [0.15, 0.2) is 12.1 Å². The molecule has 10 unspecified atom stereocenters. The lowest BCUT2D eigenvalue weighted by Crippen LogP contribution is -2.59. The summed E-state index contributed by atoms with van der Waals surface area (Å²) in [6.07, 6.45) is -5.49. The molecule has 4 rings (SSSR count). The van der Waals surface area contributed by atoms with E-state index in [1.165, 1.54) is 13.0 Å². The lowest BCUT2D eigenvalue weighted by Gasteiger charge is -2.39. The van der Waals surface area contributed by atoms with Gasteiger partial charge in [-0.1, -0.05) is 19.6 Å². The van der Waals surface area contributed by atoms with Gasteiger partial charge in [-0.2, -0.15) is 0 Å². The molecule has 35 heavy (non-hydrogen) atoms. The van der Waals surface area contributed by atoms with E-state index in [-0.39, 0.29) is 24.4 Å². The Bertz CT molecular complexity index is 967. The Morgan fingerprint density at radius 1 is 1.20 bits per heavy atom. The maximum atomic E-state index is 12.8. The third-order valence-electron chi connectivity index (χ3n) is 7.11. The maximum Gasteiger partial charge on any atom is 0.333 e. The first-order valence-corrected chi connectivity index (χ1v) is 11.5. The number of ether oxygens (including phenoxy) is 4. The third kappa shape index (κ3) is 4.59. The minimum absolute atomic E-state index is 0.209. The summed E-state index contributed by atoms with van der Waals surface area (Å²) >= 11 is 0. The Labute approximate surface area is 201 Å². The summed E-state index contributed by atoms with van der Waals surface area (Å²) in [6, 6.07) is 0. The molecule has 11 heteroatoms. The van der Waals surface area contributed by atoms with Crippen molar-refractivity contribution in [2.75, 3.05) is 13.2 Å². The first kappa shape index (κ1) is 25.7. The zero-order valence-corrected chi connectivity index (χ0v) is 19.4. The van der Waals surface area contributed by atoms with Crippen LogP contribution in [0.5, 0.6) is 0 Å². The summed E-state index contributed by atoms with van der Waals surface area (Å²) < 4.78 is 22.3. The monoisotopic (exact) mass is 494 g/mol. The van der Waals surface area contributed by atoms with Crippen molar-refractivity contribution < 1.29 is 53.8 Å². The van der Waals surface area contributed by atoms with E-state index in [0.29, 0.717) is 11.1 Å². The van der Waals surface area contributed by atoms with Crippen LogP contribution in [0, 0.1) is 17.8 Å². The van der Waals surface area contributed by atoms with Crippen LogP contribution in [0.1, 0.15) is 20.3 Å². The standard InChI is InChI=1S/C24H30O11/c1-9(2)22(30)33-14-5-4-12-13(26)6-11(17(12)21-16(14)10(3)23(31)35-21)8-32-24-20(29)19(28)18(27)15(7-25)34-24/h4,6,10,14-21,24-25,27-29H,1,5,7-8H2,2-3H3. The number of hydrogen-bond donors (Lipinski definition) is 4. The molecule has 0 aromatic rings. The molecule has 0 spiro atoms. The molecule has 0 aromatic carbocycles. The zero-order valence-electron chi connectivity index (χ0n) is 19.4. The number of aliphatic hydroxyl groups is 4. The number of aliphatic hydroxyl groups excluding tert-OH is 4. The van der Waals surface area contributed by atoms with E-state index < -0.39 is 79.2 Å². The highest BCUT2D eigenvalue weighted by Gasteiger charge is 2.55. The SMILES string of the molecule is C=C(C)C(=O)OC1CC=C2C(=O)C=C(COC3OC(CO)C(O)C(O)C3O)C2C2OC(=O)C(C)C12. The second-order valence-electron chi connectivity index (χ2n) is 9.46. The average molecular weight is 494 g/mol. The Hall–Kier alpha value is -2.41. The van der Waals surface area contributed by atoms with Crippen molar-refractivity contribution in [1.82, 2.24) is 0 Å². The first-order chi connectivity index (χ1) is 16.5. The predicted octanol–water partition coefficient (Wildman–Crippen LogP) is -1.08. The van der Waals surface area contributed by atoms with Gasteiger partial charge < -0.3 is 39.4 Å². The average Bonchev–Trinajstić information content (AvgIpc) is 3.22. The molecular weight excluding hydrogens is 464 g/mol. The maximum absolute atomic E-state index is 12.8. The number of fused-ring (bicyclic) bond motifs is 3. The summed E-state index contributed by atoms with van der Waals surface area (Å²) in [7, 11) is 0. The van der Waals surface area contributed by atoms with Crippen molar-refractivity contribution in [2.24, 2.45) is 17.8 Å². The van der Waals surface area contributed by atoms with Gasteiger partial charge in [-0.05, 0) is 18.6 Å². The zero-order chi connectivity index (χ0) is 25.6. The van der Waals surface area contributed by atoms with Gasteiger partial charge in [0.05, 0.1) is 19.1 Å². The fraction of sp³-hybridized carbons (Fsp3) is 0.625. The van der Waals surface area contributed by atoms with Crippen LogP contribution in [0.3, 0.4) is 0 Å². The van der Waals surface area contributed by atoms with Crippen LogP contribution in [0.4, 0.5) is 0 Å².